The molecule has 3 aromatic rings. The molecule has 3 aromatic carbocycles. The Morgan fingerprint density at radius 3 is 2.25 bits per heavy atom. The molecule has 0 heterocycles. The number of nitrogens with one attached hydrogen (secondary N) is 1. The molecule has 0 aliphatic rings. The molecule has 0 unspecified atom stereocenters. The van der Waals surface area contributed by atoms with Crippen molar-refractivity contribution < 1.29 is 35.9 Å². The van der Waals surface area contributed by atoms with E-state index in [1.165, 1.54) is 44.2 Å². The summed E-state index contributed by atoms with van der Waals surface area (Å²) in [5.41, 5.74) is -0.0637. The molecule has 8 nitrogen and oxygen atoms in total. The lowest BCUT2D eigenvalue weighted by atomic mass is 10.1. The monoisotopic (exact) mass is 577 g/mol. The van der Waals surface area contributed by atoms with Gasteiger partial charge in [-0.25, -0.2) is 8.42 Å². The van der Waals surface area contributed by atoms with Gasteiger partial charge >= 0.3 is 6.18 Å². The van der Waals surface area contributed by atoms with E-state index in [1.54, 1.807) is 43.3 Å². The largest absolute Gasteiger partial charge is 0.497 e. The zero-order valence-corrected chi connectivity index (χ0v) is 23.2. The first kappa shape index (κ1) is 30.5. The Labute approximate surface area is 231 Å². The van der Waals surface area contributed by atoms with E-state index in [2.05, 4.69) is 5.32 Å². The van der Waals surface area contributed by atoms with E-state index < -0.39 is 46.2 Å². The molecule has 12 heteroatoms. The van der Waals surface area contributed by atoms with Crippen LogP contribution < -0.4 is 14.4 Å². The van der Waals surface area contributed by atoms with E-state index in [4.69, 9.17) is 4.74 Å². The molecule has 0 radical (unpaired) electrons. The average Bonchev–Trinajstić information content (AvgIpc) is 2.93. The summed E-state index contributed by atoms with van der Waals surface area (Å²) in [5, 5.41) is 2.46. The summed E-state index contributed by atoms with van der Waals surface area (Å²) in [6, 6.07) is 15.2. The van der Waals surface area contributed by atoms with Crippen LogP contribution in [0, 0.1) is 6.92 Å². The van der Waals surface area contributed by atoms with Gasteiger partial charge in [0.2, 0.25) is 11.8 Å². The second kappa shape index (κ2) is 12.4. The van der Waals surface area contributed by atoms with Gasteiger partial charge in [0.15, 0.2) is 0 Å². The lowest BCUT2D eigenvalue weighted by molar-refractivity contribution is -0.139. The summed E-state index contributed by atoms with van der Waals surface area (Å²) in [5.74, 6) is -0.805. The molecular weight excluding hydrogens is 547 g/mol. The van der Waals surface area contributed by atoms with Crippen molar-refractivity contribution in [2.75, 3.05) is 25.0 Å². The predicted octanol–water partition coefficient (Wildman–Crippen LogP) is 4.38. The Morgan fingerprint density at radius 2 is 1.65 bits per heavy atom. The van der Waals surface area contributed by atoms with Gasteiger partial charge in [-0.1, -0.05) is 35.9 Å². The summed E-state index contributed by atoms with van der Waals surface area (Å²) >= 11 is 0. The quantitative estimate of drug-likeness (QED) is 0.386. The number of aryl methyl sites for hydroxylation is 1. The van der Waals surface area contributed by atoms with Crippen molar-refractivity contribution in [3.8, 4) is 5.75 Å². The van der Waals surface area contributed by atoms with Gasteiger partial charge in [0.1, 0.15) is 18.3 Å². The number of sulfonamides is 1. The number of nitrogens with zero attached hydrogens (tertiary/aromatic N) is 2. The number of halogens is 3. The highest BCUT2D eigenvalue weighted by Gasteiger charge is 2.35. The maximum Gasteiger partial charge on any atom is 0.416 e. The second-order valence-corrected chi connectivity index (χ2v) is 10.9. The van der Waals surface area contributed by atoms with Crippen molar-refractivity contribution in [1.29, 1.82) is 0 Å². The van der Waals surface area contributed by atoms with Gasteiger partial charge in [0.25, 0.3) is 10.0 Å². The number of hydrogen-bond donors (Lipinski definition) is 1. The van der Waals surface area contributed by atoms with Gasteiger partial charge < -0.3 is 15.0 Å². The van der Waals surface area contributed by atoms with Crippen LogP contribution >= 0.6 is 0 Å². The van der Waals surface area contributed by atoms with E-state index in [-0.39, 0.29) is 17.1 Å². The number of likely N-dealkylation sites (N-methyl/N-ethyl adjacent to an activating group) is 1. The minimum Gasteiger partial charge on any atom is -0.497 e. The highest BCUT2D eigenvalue weighted by Crippen LogP contribution is 2.33. The molecule has 40 heavy (non-hydrogen) atoms. The van der Waals surface area contributed by atoms with Gasteiger partial charge in [-0.3, -0.25) is 13.9 Å². The van der Waals surface area contributed by atoms with Gasteiger partial charge in [0.05, 0.1) is 23.3 Å². The van der Waals surface area contributed by atoms with E-state index in [0.29, 0.717) is 21.7 Å². The van der Waals surface area contributed by atoms with Crippen LogP contribution in [0.4, 0.5) is 18.9 Å². The van der Waals surface area contributed by atoms with Gasteiger partial charge in [-0.05, 0) is 61.9 Å². The van der Waals surface area contributed by atoms with Crippen molar-refractivity contribution in [2.45, 2.75) is 37.5 Å². The van der Waals surface area contributed by atoms with Crippen molar-refractivity contribution in [2.24, 2.45) is 0 Å². The number of methoxy groups -OCH3 is 1. The minimum absolute atomic E-state index is 0.0916. The molecule has 0 fully saturated rings. The third-order valence-corrected chi connectivity index (χ3v) is 8.04. The molecule has 1 N–H and O–H groups in total. The maximum absolute atomic E-state index is 13.7. The average molecular weight is 578 g/mol. The second-order valence-electron chi connectivity index (χ2n) is 9.04. The van der Waals surface area contributed by atoms with Crippen LogP contribution in [0.2, 0.25) is 0 Å². The van der Waals surface area contributed by atoms with Crippen LogP contribution in [0.3, 0.4) is 0 Å². The summed E-state index contributed by atoms with van der Waals surface area (Å²) in [6.07, 6.45) is -4.74. The summed E-state index contributed by atoms with van der Waals surface area (Å²) in [4.78, 5) is 27.3. The molecule has 214 valence electrons. The molecule has 0 aliphatic carbocycles. The first-order valence-electron chi connectivity index (χ1n) is 12.2. The smallest absolute Gasteiger partial charge is 0.416 e. The number of benzene rings is 3. The fraction of sp³-hybridized carbons (Fsp3) is 0.286. The van der Waals surface area contributed by atoms with E-state index in [0.717, 1.165) is 17.7 Å². The topological polar surface area (TPSA) is 96.0 Å². The summed E-state index contributed by atoms with van der Waals surface area (Å²) in [7, 11) is -1.64. The maximum atomic E-state index is 13.7. The third-order valence-electron chi connectivity index (χ3n) is 6.25. The highest BCUT2D eigenvalue weighted by atomic mass is 32.2. The van der Waals surface area contributed by atoms with E-state index in [1.807, 2.05) is 0 Å². The molecule has 0 saturated carbocycles. The molecule has 2 amide bonds. The highest BCUT2D eigenvalue weighted by molar-refractivity contribution is 7.92. The Balaban J connectivity index is 2.09. The van der Waals surface area contributed by atoms with Crippen LogP contribution in [0.5, 0.6) is 5.75 Å². The van der Waals surface area contributed by atoms with Crippen LogP contribution in [-0.2, 0) is 32.3 Å². The van der Waals surface area contributed by atoms with Crippen LogP contribution in [-0.4, -0.2) is 51.9 Å². The number of carbonyl (C=O) groups is 2. The lowest BCUT2D eigenvalue weighted by Crippen LogP contribution is -2.50. The molecule has 0 bridgehead atoms. The fourth-order valence-corrected chi connectivity index (χ4v) is 5.37. The van der Waals surface area contributed by atoms with Crippen molar-refractivity contribution >= 4 is 27.5 Å². The molecular formula is C28H30F3N3O5S. The molecule has 0 spiro atoms. The first-order valence-corrected chi connectivity index (χ1v) is 13.6. The first-order chi connectivity index (χ1) is 18.8. The van der Waals surface area contributed by atoms with E-state index >= 15 is 0 Å². The number of anilines is 1. The van der Waals surface area contributed by atoms with Gasteiger partial charge in [-0.15, -0.1) is 0 Å². The third kappa shape index (κ3) is 7.12. The zero-order chi connectivity index (χ0) is 29.7. The normalized spacial score (nSPS) is 12.4. The number of hydrogen-bond acceptors (Lipinski definition) is 5. The van der Waals surface area contributed by atoms with Crippen molar-refractivity contribution in [1.82, 2.24) is 10.2 Å². The summed E-state index contributed by atoms with van der Waals surface area (Å²) in [6.45, 7) is 2.27. The van der Waals surface area contributed by atoms with Crippen LogP contribution in [0.25, 0.3) is 0 Å². The Hall–Kier alpha value is -4.06. The molecule has 0 saturated heterocycles. The van der Waals surface area contributed by atoms with Crippen molar-refractivity contribution in [3.63, 3.8) is 0 Å². The van der Waals surface area contributed by atoms with E-state index in [9.17, 15) is 31.2 Å². The molecule has 1 atom stereocenters. The van der Waals surface area contributed by atoms with Gasteiger partial charge in [-0.2, -0.15) is 13.2 Å². The molecule has 0 aliphatic heterocycles. The van der Waals surface area contributed by atoms with Gasteiger partial charge in [0, 0.05) is 13.6 Å². The molecule has 0 aromatic heterocycles. The molecule has 3 rings (SSSR count). The summed E-state index contributed by atoms with van der Waals surface area (Å²) < 4.78 is 73.9. The Bertz CT molecular complexity index is 1460. The standard InChI is InChI=1S/C28H30F3N3O5S/c1-19-11-13-25(14-12-19)40(37,38)34(23-9-6-8-22(16-23)28(29,30)31)18-26(35)33(20(2)27(36)32-3)17-21-7-5-10-24(15-21)39-4/h5-16,20H,17-18H2,1-4H3,(H,32,36)/t20-/m0/s1. The SMILES string of the molecule is CNC(=O)[C@H](C)N(Cc1cccc(OC)c1)C(=O)CN(c1cccc(C(F)(F)F)c1)S(=O)(=O)c1ccc(C)cc1. The number of ether oxygens (including phenoxy) is 1. The Morgan fingerprint density at radius 1 is 1.00 bits per heavy atom. The van der Waals surface area contributed by atoms with Crippen LogP contribution in [0.15, 0.2) is 77.7 Å². The lowest BCUT2D eigenvalue weighted by Gasteiger charge is -2.32. The minimum atomic E-state index is -4.74. The number of rotatable bonds is 10. The number of carbonyl (C=O) groups excluding carboxylic acids is 2. The number of amides is 2. The Kier molecular flexibility index (Phi) is 9.46. The van der Waals surface area contributed by atoms with Crippen molar-refractivity contribution in [3.05, 3.63) is 89.5 Å². The fourth-order valence-electron chi connectivity index (χ4n) is 3.96. The zero-order valence-electron chi connectivity index (χ0n) is 22.4. The number of alkyl halides is 3. The predicted molar refractivity (Wildman–Crippen MR) is 144 cm³/mol. The van der Waals surface area contributed by atoms with Crippen LogP contribution in [0.1, 0.15) is 23.6 Å².